The lowest BCUT2D eigenvalue weighted by atomic mass is 10.2. The van der Waals surface area contributed by atoms with Crippen LogP contribution in [0.4, 0.5) is 0 Å². The maximum atomic E-state index is 11.1. The van der Waals surface area contributed by atoms with Gasteiger partial charge in [0, 0.05) is 19.6 Å². The monoisotopic (exact) mass is 440 g/mol. The lowest BCUT2D eigenvalue weighted by Gasteiger charge is -2.19. The van der Waals surface area contributed by atoms with E-state index in [4.69, 9.17) is 0 Å². The van der Waals surface area contributed by atoms with Gasteiger partial charge in [0.2, 0.25) is 0 Å². The summed E-state index contributed by atoms with van der Waals surface area (Å²) < 4.78 is 4.62. The SMILES string of the molecule is CCNC(=NCCCN1CCCCCC1)NCCC(=O)OC.I. The van der Waals surface area contributed by atoms with Crippen molar-refractivity contribution in [2.24, 2.45) is 4.99 Å². The van der Waals surface area contributed by atoms with Gasteiger partial charge in [0.05, 0.1) is 13.5 Å². The molecule has 0 atom stereocenters. The van der Waals surface area contributed by atoms with Crippen molar-refractivity contribution in [1.82, 2.24) is 15.5 Å². The predicted octanol–water partition coefficient (Wildman–Crippen LogP) is 1.99. The van der Waals surface area contributed by atoms with Crippen LogP contribution in [0.1, 0.15) is 45.4 Å². The number of halogens is 1. The molecule has 1 aliphatic rings. The molecule has 1 fully saturated rings. The van der Waals surface area contributed by atoms with E-state index in [9.17, 15) is 4.79 Å². The van der Waals surface area contributed by atoms with Gasteiger partial charge in [-0.15, -0.1) is 24.0 Å². The number of carbonyl (C=O) groups is 1. The molecule has 6 nitrogen and oxygen atoms in total. The van der Waals surface area contributed by atoms with Crippen molar-refractivity contribution < 1.29 is 9.53 Å². The highest BCUT2D eigenvalue weighted by Crippen LogP contribution is 2.09. The minimum Gasteiger partial charge on any atom is -0.469 e. The number of esters is 1. The first-order chi connectivity index (χ1) is 10.8. The van der Waals surface area contributed by atoms with Crippen molar-refractivity contribution in [2.75, 3.05) is 46.4 Å². The average Bonchev–Trinajstić information content (AvgIpc) is 2.80. The Morgan fingerprint density at radius 2 is 1.87 bits per heavy atom. The van der Waals surface area contributed by atoms with Crippen molar-refractivity contribution in [2.45, 2.75) is 45.4 Å². The van der Waals surface area contributed by atoms with Gasteiger partial charge in [-0.25, -0.2) is 0 Å². The Hall–Kier alpha value is -0.570. The summed E-state index contributed by atoms with van der Waals surface area (Å²) in [5.74, 6) is 0.576. The van der Waals surface area contributed by atoms with Crippen LogP contribution < -0.4 is 10.6 Å². The molecule has 1 rings (SSSR count). The van der Waals surface area contributed by atoms with Crippen LogP contribution in [0.25, 0.3) is 0 Å². The first kappa shape index (κ1) is 22.4. The number of hydrogen-bond acceptors (Lipinski definition) is 4. The molecule has 0 unspecified atom stereocenters. The molecule has 2 N–H and O–H groups in total. The quantitative estimate of drug-likeness (QED) is 0.199. The van der Waals surface area contributed by atoms with E-state index < -0.39 is 0 Å². The smallest absolute Gasteiger partial charge is 0.307 e. The zero-order valence-corrected chi connectivity index (χ0v) is 16.9. The van der Waals surface area contributed by atoms with Crippen LogP contribution in [0, 0.1) is 0 Å². The van der Waals surface area contributed by atoms with Gasteiger partial charge in [-0.1, -0.05) is 12.8 Å². The second-order valence-electron chi connectivity index (χ2n) is 5.62. The van der Waals surface area contributed by atoms with Crippen molar-refractivity contribution in [3.63, 3.8) is 0 Å². The molecule has 23 heavy (non-hydrogen) atoms. The summed E-state index contributed by atoms with van der Waals surface area (Å²) in [7, 11) is 1.41. The number of ether oxygens (including phenoxy) is 1. The van der Waals surface area contributed by atoms with E-state index in [0.29, 0.717) is 13.0 Å². The van der Waals surface area contributed by atoms with Gasteiger partial charge in [0.25, 0.3) is 0 Å². The second kappa shape index (κ2) is 15.0. The summed E-state index contributed by atoms with van der Waals surface area (Å²) in [4.78, 5) is 18.2. The first-order valence-corrected chi connectivity index (χ1v) is 8.57. The van der Waals surface area contributed by atoms with Crippen molar-refractivity contribution in [3.8, 4) is 0 Å². The summed E-state index contributed by atoms with van der Waals surface area (Å²) in [5.41, 5.74) is 0. The van der Waals surface area contributed by atoms with Crippen LogP contribution in [0.2, 0.25) is 0 Å². The summed E-state index contributed by atoms with van der Waals surface area (Å²) in [6.45, 7) is 7.81. The maximum absolute atomic E-state index is 11.1. The highest BCUT2D eigenvalue weighted by Gasteiger charge is 2.08. The number of guanidine groups is 1. The zero-order valence-electron chi connectivity index (χ0n) is 14.6. The standard InChI is InChI=1S/C16H32N4O2.HI/c1-3-17-16(19-11-9-15(21)22-2)18-10-8-14-20-12-6-4-5-7-13-20;/h3-14H2,1-2H3,(H2,17,18,19);1H. The Bertz CT molecular complexity index is 332. The van der Waals surface area contributed by atoms with Gasteiger partial charge >= 0.3 is 5.97 Å². The molecule has 0 saturated carbocycles. The van der Waals surface area contributed by atoms with Gasteiger partial charge in [-0.05, 0) is 45.8 Å². The van der Waals surface area contributed by atoms with E-state index in [1.165, 1.54) is 45.9 Å². The largest absolute Gasteiger partial charge is 0.469 e. The molecule has 0 aromatic heterocycles. The predicted molar refractivity (Wildman–Crippen MR) is 106 cm³/mol. The van der Waals surface area contributed by atoms with Gasteiger partial charge in [-0.3, -0.25) is 9.79 Å². The summed E-state index contributed by atoms with van der Waals surface area (Å²) in [6, 6.07) is 0. The number of carbonyl (C=O) groups excluding carboxylic acids is 1. The Balaban J connectivity index is 0.00000484. The van der Waals surface area contributed by atoms with Crippen LogP contribution in [-0.4, -0.2) is 63.2 Å². The number of hydrogen-bond donors (Lipinski definition) is 2. The maximum Gasteiger partial charge on any atom is 0.307 e. The summed E-state index contributed by atoms with van der Waals surface area (Å²) in [6.07, 6.45) is 6.86. The lowest BCUT2D eigenvalue weighted by Crippen LogP contribution is -2.38. The third-order valence-electron chi connectivity index (χ3n) is 3.79. The van der Waals surface area contributed by atoms with E-state index in [1.54, 1.807) is 0 Å². The summed E-state index contributed by atoms with van der Waals surface area (Å²) >= 11 is 0. The number of aliphatic imine (C=N–C) groups is 1. The Morgan fingerprint density at radius 3 is 2.48 bits per heavy atom. The molecule has 0 radical (unpaired) electrons. The van der Waals surface area contributed by atoms with Gasteiger partial charge in [-0.2, -0.15) is 0 Å². The minimum absolute atomic E-state index is 0. The normalized spacial score (nSPS) is 16.2. The molecule has 7 heteroatoms. The Morgan fingerprint density at radius 1 is 1.17 bits per heavy atom. The van der Waals surface area contributed by atoms with Crippen molar-refractivity contribution in [1.29, 1.82) is 0 Å². The average molecular weight is 440 g/mol. The van der Waals surface area contributed by atoms with Crippen LogP contribution in [0.15, 0.2) is 4.99 Å². The lowest BCUT2D eigenvalue weighted by molar-refractivity contribution is -0.140. The van der Waals surface area contributed by atoms with E-state index >= 15 is 0 Å². The molecule has 136 valence electrons. The topological polar surface area (TPSA) is 66.0 Å². The highest BCUT2D eigenvalue weighted by atomic mass is 127. The molecule has 0 aromatic carbocycles. The Kier molecular flexibility index (Phi) is 14.6. The van der Waals surface area contributed by atoms with Gasteiger partial charge in [0.1, 0.15) is 0 Å². The Labute approximate surface area is 157 Å². The molecular formula is C16H33IN4O2. The van der Waals surface area contributed by atoms with Crippen molar-refractivity contribution >= 4 is 35.9 Å². The molecule has 0 aliphatic carbocycles. The number of methoxy groups -OCH3 is 1. The molecule has 0 aromatic rings. The van der Waals surface area contributed by atoms with E-state index in [1.807, 2.05) is 6.92 Å². The molecular weight excluding hydrogens is 407 g/mol. The van der Waals surface area contributed by atoms with Crippen molar-refractivity contribution in [3.05, 3.63) is 0 Å². The number of likely N-dealkylation sites (tertiary alicyclic amines) is 1. The van der Waals surface area contributed by atoms with E-state index in [0.717, 1.165) is 32.0 Å². The number of nitrogens with one attached hydrogen (secondary N) is 2. The summed E-state index contributed by atoms with van der Waals surface area (Å²) in [5, 5.41) is 6.35. The molecule has 0 bridgehead atoms. The highest BCUT2D eigenvalue weighted by molar-refractivity contribution is 14.0. The second-order valence-corrected chi connectivity index (χ2v) is 5.62. The fourth-order valence-electron chi connectivity index (χ4n) is 2.57. The molecule has 1 heterocycles. The minimum atomic E-state index is -0.204. The number of nitrogens with zero attached hydrogens (tertiary/aromatic N) is 2. The van der Waals surface area contributed by atoms with Gasteiger partial charge < -0.3 is 20.3 Å². The van der Waals surface area contributed by atoms with Crippen LogP contribution in [0.5, 0.6) is 0 Å². The third kappa shape index (κ3) is 11.6. The van der Waals surface area contributed by atoms with E-state index in [-0.39, 0.29) is 29.9 Å². The molecule has 1 saturated heterocycles. The third-order valence-corrected chi connectivity index (χ3v) is 3.79. The fourth-order valence-corrected chi connectivity index (χ4v) is 2.57. The zero-order chi connectivity index (χ0) is 16.0. The van der Waals surface area contributed by atoms with Crippen LogP contribution >= 0.6 is 24.0 Å². The van der Waals surface area contributed by atoms with E-state index in [2.05, 4.69) is 25.3 Å². The molecule has 1 aliphatic heterocycles. The molecule has 0 amide bonds. The fraction of sp³-hybridized carbons (Fsp3) is 0.875. The van der Waals surface area contributed by atoms with Gasteiger partial charge in [0.15, 0.2) is 5.96 Å². The van der Waals surface area contributed by atoms with Crippen LogP contribution in [-0.2, 0) is 9.53 Å². The molecule has 0 spiro atoms. The van der Waals surface area contributed by atoms with Crippen LogP contribution in [0.3, 0.4) is 0 Å². The number of rotatable bonds is 8. The first-order valence-electron chi connectivity index (χ1n) is 8.57.